The van der Waals surface area contributed by atoms with Crippen molar-refractivity contribution in [3.8, 4) is 0 Å². The van der Waals surface area contributed by atoms with Crippen molar-refractivity contribution in [1.29, 1.82) is 0 Å². The summed E-state index contributed by atoms with van der Waals surface area (Å²) in [5.74, 6) is 1.82. The maximum Gasteiger partial charge on any atom is 0.129 e. The van der Waals surface area contributed by atoms with Crippen LogP contribution < -0.4 is 5.32 Å². The minimum Gasteiger partial charge on any atom is -0.370 e. The van der Waals surface area contributed by atoms with Gasteiger partial charge in [-0.1, -0.05) is 77.6 Å². The summed E-state index contributed by atoms with van der Waals surface area (Å²) in [5.41, 5.74) is 1.04. The molecule has 0 aromatic carbocycles. The van der Waals surface area contributed by atoms with Gasteiger partial charge >= 0.3 is 0 Å². The van der Waals surface area contributed by atoms with Gasteiger partial charge in [-0.2, -0.15) is 0 Å². The van der Waals surface area contributed by atoms with E-state index >= 15 is 0 Å². The zero-order chi connectivity index (χ0) is 16.8. The fourth-order valence-corrected chi connectivity index (χ4v) is 2.99. The molecule has 3 heteroatoms. The summed E-state index contributed by atoms with van der Waals surface area (Å²) in [6.07, 6.45) is 16.7. The van der Waals surface area contributed by atoms with Crippen LogP contribution in [-0.4, -0.2) is 16.5 Å². The summed E-state index contributed by atoms with van der Waals surface area (Å²) in [6, 6.07) is 2.02. The Bertz CT molecular complexity index is 384. The van der Waals surface area contributed by atoms with Crippen LogP contribution in [0.1, 0.15) is 95.5 Å². The molecular formula is C20H37N3. The van der Waals surface area contributed by atoms with Crippen molar-refractivity contribution in [2.45, 2.75) is 97.8 Å². The Morgan fingerprint density at radius 1 is 0.739 bits per heavy atom. The molecule has 0 aliphatic heterocycles. The summed E-state index contributed by atoms with van der Waals surface area (Å²) < 4.78 is 0. The first-order chi connectivity index (χ1) is 11.2. The molecule has 3 nitrogen and oxygen atoms in total. The topological polar surface area (TPSA) is 37.8 Å². The van der Waals surface area contributed by atoms with Crippen molar-refractivity contribution >= 4 is 5.82 Å². The van der Waals surface area contributed by atoms with Crippen molar-refractivity contribution in [1.82, 2.24) is 9.97 Å². The zero-order valence-corrected chi connectivity index (χ0v) is 15.7. The van der Waals surface area contributed by atoms with Gasteiger partial charge in [0, 0.05) is 18.3 Å². The van der Waals surface area contributed by atoms with Crippen molar-refractivity contribution in [2.75, 3.05) is 11.9 Å². The summed E-state index contributed by atoms with van der Waals surface area (Å²) in [4.78, 5) is 8.70. The van der Waals surface area contributed by atoms with Crippen LogP contribution in [0.25, 0.3) is 0 Å². The molecule has 1 aromatic heterocycles. The molecule has 1 rings (SSSR count). The molecule has 0 radical (unpaired) electrons. The van der Waals surface area contributed by atoms with Crippen LogP contribution >= 0.6 is 0 Å². The number of unbranched alkanes of at least 4 members (excludes halogenated alkanes) is 11. The number of nitrogens with one attached hydrogen (secondary N) is 1. The maximum atomic E-state index is 4.41. The van der Waals surface area contributed by atoms with E-state index in [-0.39, 0.29) is 0 Å². The number of aromatic nitrogens is 2. The van der Waals surface area contributed by atoms with Crippen LogP contribution in [0, 0.1) is 13.8 Å². The number of aryl methyl sites for hydroxylation is 2. The van der Waals surface area contributed by atoms with Crippen molar-refractivity contribution < 1.29 is 0 Å². The van der Waals surface area contributed by atoms with E-state index in [0.717, 1.165) is 23.9 Å². The second-order valence-electron chi connectivity index (χ2n) is 6.76. The minimum absolute atomic E-state index is 0.849. The largest absolute Gasteiger partial charge is 0.370 e. The molecule has 1 heterocycles. The van der Waals surface area contributed by atoms with Crippen LogP contribution in [0.2, 0.25) is 0 Å². The van der Waals surface area contributed by atoms with Gasteiger partial charge in [0.05, 0.1) is 0 Å². The summed E-state index contributed by atoms with van der Waals surface area (Å²) in [6.45, 7) is 7.27. The third kappa shape index (κ3) is 11.1. The maximum absolute atomic E-state index is 4.41. The Balaban J connectivity index is 1.86. The smallest absolute Gasteiger partial charge is 0.129 e. The van der Waals surface area contributed by atoms with Gasteiger partial charge in [0.2, 0.25) is 0 Å². The highest BCUT2D eigenvalue weighted by Crippen LogP contribution is 2.12. The van der Waals surface area contributed by atoms with Gasteiger partial charge in [-0.05, 0) is 20.3 Å². The molecular weight excluding hydrogens is 282 g/mol. The number of hydrogen-bond donors (Lipinski definition) is 1. The molecule has 23 heavy (non-hydrogen) atoms. The lowest BCUT2D eigenvalue weighted by atomic mass is 10.1. The first kappa shape index (κ1) is 19.9. The molecule has 0 saturated carbocycles. The van der Waals surface area contributed by atoms with Gasteiger partial charge in [-0.15, -0.1) is 0 Å². The fraction of sp³-hybridized carbons (Fsp3) is 0.800. The number of rotatable bonds is 14. The molecule has 0 amide bonds. The number of anilines is 1. The SMILES string of the molecule is CCCCCCCCCCCCCCNc1cc(C)nc(C)n1. The summed E-state index contributed by atoms with van der Waals surface area (Å²) in [5, 5.41) is 3.41. The number of nitrogens with zero attached hydrogens (tertiary/aromatic N) is 2. The predicted octanol–water partition coefficient (Wildman–Crippen LogP) is 6.21. The second-order valence-corrected chi connectivity index (χ2v) is 6.76. The van der Waals surface area contributed by atoms with Crippen LogP contribution in [0.15, 0.2) is 6.07 Å². The minimum atomic E-state index is 0.849. The molecule has 0 spiro atoms. The molecule has 1 aromatic rings. The normalized spacial score (nSPS) is 10.9. The Morgan fingerprint density at radius 3 is 1.78 bits per heavy atom. The lowest BCUT2D eigenvalue weighted by molar-refractivity contribution is 0.546. The van der Waals surface area contributed by atoms with Gasteiger partial charge in [0.1, 0.15) is 11.6 Å². The highest BCUT2D eigenvalue weighted by molar-refractivity contribution is 5.35. The molecule has 0 unspecified atom stereocenters. The van der Waals surface area contributed by atoms with E-state index in [2.05, 4.69) is 22.2 Å². The third-order valence-corrected chi connectivity index (χ3v) is 4.30. The Morgan fingerprint density at radius 2 is 1.26 bits per heavy atom. The summed E-state index contributed by atoms with van der Waals surface area (Å²) >= 11 is 0. The van der Waals surface area contributed by atoms with Gasteiger partial charge < -0.3 is 5.32 Å². The molecule has 132 valence electrons. The standard InChI is InChI=1S/C20H37N3/c1-4-5-6-7-8-9-10-11-12-13-14-15-16-21-20-17-18(2)22-19(3)23-20/h17H,4-16H2,1-3H3,(H,21,22,23). The quantitative estimate of drug-likeness (QED) is 0.414. The average Bonchev–Trinajstić information content (AvgIpc) is 2.51. The van der Waals surface area contributed by atoms with E-state index in [1.165, 1.54) is 77.0 Å². The van der Waals surface area contributed by atoms with Crippen molar-refractivity contribution in [3.63, 3.8) is 0 Å². The Hall–Kier alpha value is -1.12. The predicted molar refractivity (Wildman–Crippen MR) is 101 cm³/mol. The van der Waals surface area contributed by atoms with E-state index in [0.29, 0.717) is 0 Å². The first-order valence-corrected chi connectivity index (χ1v) is 9.78. The van der Waals surface area contributed by atoms with Crippen LogP contribution in [0.4, 0.5) is 5.82 Å². The molecule has 0 saturated heterocycles. The Kier molecular flexibility index (Phi) is 11.5. The average molecular weight is 320 g/mol. The van der Waals surface area contributed by atoms with Gasteiger partial charge in [0.15, 0.2) is 0 Å². The fourth-order valence-electron chi connectivity index (χ4n) is 2.99. The van der Waals surface area contributed by atoms with Gasteiger partial charge in [-0.25, -0.2) is 9.97 Å². The van der Waals surface area contributed by atoms with E-state index in [9.17, 15) is 0 Å². The number of hydrogen-bond acceptors (Lipinski definition) is 3. The monoisotopic (exact) mass is 319 g/mol. The third-order valence-electron chi connectivity index (χ3n) is 4.30. The van der Waals surface area contributed by atoms with Crippen LogP contribution in [0.3, 0.4) is 0 Å². The molecule has 0 aliphatic rings. The van der Waals surface area contributed by atoms with Crippen molar-refractivity contribution in [3.05, 3.63) is 17.6 Å². The lowest BCUT2D eigenvalue weighted by Crippen LogP contribution is -2.05. The van der Waals surface area contributed by atoms with E-state index in [1.807, 2.05) is 19.9 Å². The molecule has 0 bridgehead atoms. The highest BCUT2D eigenvalue weighted by atomic mass is 15.0. The van der Waals surface area contributed by atoms with E-state index in [4.69, 9.17) is 0 Å². The molecule has 1 N–H and O–H groups in total. The van der Waals surface area contributed by atoms with Gasteiger partial charge in [-0.3, -0.25) is 0 Å². The van der Waals surface area contributed by atoms with E-state index in [1.54, 1.807) is 0 Å². The van der Waals surface area contributed by atoms with E-state index < -0.39 is 0 Å². The zero-order valence-electron chi connectivity index (χ0n) is 15.7. The molecule has 0 atom stereocenters. The van der Waals surface area contributed by atoms with Gasteiger partial charge in [0.25, 0.3) is 0 Å². The van der Waals surface area contributed by atoms with Crippen LogP contribution in [0.5, 0.6) is 0 Å². The highest BCUT2D eigenvalue weighted by Gasteiger charge is 1.98. The van der Waals surface area contributed by atoms with Crippen LogP contribution in [-0.2, 0) is 0 Å². The first-order valence-electron chi connectivity index (χ1n) is 9.78. The van der Waals surface area contributed by atoms with Crippen molar-refractivity contribution in [2.24, 2.45) is 0 Å². The summed E-state index contributed by atoms with van der Waals surface area (Å²) in [7, 11) is 0. The Labute approximate surface area is 143 Å². The molecule has 0 fully saturated rings. The lowest BCUT2D eigenvalue weighted by Gasteiger charge is -2.07. The second kappa shape index (κ2) is 13.3. The molecule has 0 aliphatic carbocycles.